The summed E-state index contributed by atoms with van der Waals surface area (Å²) in [5.41, 5.74) is 4.46. The van der Waals surface area contributed by atoms with Crippen LogP contribution in [0.25, 0.3) is 11.1 Å². The Labute approximate surface area is 245 Å². The molecule has 0 spiro atoms. The van der Waals surface area contributed by atoms with Gasteiger partial charge < -0.3 is 25.0 Å². The Bertz CT molecular complexity index is 1220. The second-order valence-electron chi connectivity index (χ2n) is 10.9. The highest BCUT2D eigenvalue weighted by molar-refractivity contribution is 7.98. The normalized spacial score (nSPS) is 17.4. The van der Waals surface area contributed by atoms with Gasteiger partial charge in [-0.2, -0.15) is 11.8 Å². The minimum Gasteiger partial charge on any atom is -0.467 e. The van der Waals surface area contributed by atoms with E-state index in [4.69, 9.17) is 9.47 Å². The third-order valence-corrected chi connectivity index (χ3v) is 8.28. The molecule has 2 aliphatic rings. The van der Waals surface area contributed by atoms with Crippen LogP contribution in [0.3, 0.4) is 0 Å². The average molecular weight is 582 g/mol. The fraction of sp³-hybridized carbons (Fsp3) is 0.484. The van der Waals surface area contributed by atoms with E-state index >= 15 is 0 Å². The van der Waals surface area contributed by atoms with Crippen molar-refractivity contribution in [1.29, 1.82) is 0 Å². The largest absolute Gasteiger partial charge is 0.467 e. The van der Waals surface area contributed by atoms with Gasteiger partial charge in [0.15, 0.2) is 0 Å². The molecule has 3 atom stereocenters. The lowest BCUT2D eigenvalue weighted by Crippen LogP contribution is -2.57. The van der Waals surface area contributed by atoms with Gasteiger partial charge in [-0.15, -0.1) is 0 Å². The first-order valence-corrected chi connectivity index (χ1v) is 15.4. The number of methoxy groups -OCH3 is 1. The van der Waals surface area contributed by atoms with Crippen molar-refractivity contribution in [1.82, 2.24) is 15.5 Å². The van der Waals surface area contributed by atoms with Gasteiger partial charge in [-0.3, -0.25) is 9.59 Å². The van der Waals surface area contributed by atoms with E-state index < -0.39 is 36.1 Å². The molecule has 9 nitrogen and oxygen atoms in total. The molecule has 3 amide bonds. The number of fused-ring (bicyclic) bond motifs is 3. The van der Waals surface area contributed by atoms with Gasteiger partial charge in [-0.05, 0) is 53.7 Å². The maximum absolute atomic E-state index is 13.4. The van der Waals surface area contributed by atoms with Crippen LogP contribution >= 0.6 is 11.8 Å². The molecule has 10 heteroatoms. The van der Waals surface area contributed by atoms with E-state index in [1.165, 1.54) is 23.8 Å². The lowest BCUT2D eigenvalue weighted by atomic mass is 9.98. The van der Waals surface area contributed by atoms with Gasteiger partial charge in [-0.25, -0.2) is 9.59 Å². The van der Waals surface area contributed by atoms with Crippen molar-refractivity contribution in [3.63, 3.8) is 0 Å². The van der Waals surface area contributed by atoms with E-state index in [9.17, 15) is 19.2 Å². The Morgan fingerprint density at radius 2 is 1.61 bits per heavy atom. The van der Waals surface area contributed by atoms with Crippen molar-refractivity contribution in [2.45, 2.75) is 57.2 Å². The van der Waals surface area contributed by atoms with Gasteiger partial charge in [0, 0.05) is 18.2 Å². The molecule has 0 unspecified atom stereocenters. The van der Waals surface area contributed by atoms with E-state index in [0.29, 0.717) is 31.6 Å². The Morgan fingerprint density at radius 1 is 0.976 bits per heavy atom. The van der Waals surface area contributed by atoms with E-state index in [1.807, 2.05) is 56.5 Å². The molecular weight excluding hydrogens is 542 g/mol. The number of thioether (sulfide) groups is 1. The number of likely N-dealkylation sites (tertiary alicyclic amines) is 1. The summed E-state index contributed by atoms with van der Waals surface area (Å²) in [4.78, 5) is 53.5. The molecule has 0 aromatic heterocycles. The Balaban J connectivity index is 1.41. The minimum absolute atomic E-state index is 0.0941. The third-order valence-electron chi connectivity index (χ3n) is 7.62. The monoisotopic (exact) mass is 581 g/mol. The maximum Gasteiger partial charge on any atom is 0.407 e. The second kappa shape index (κ2) is 13.9. The molecule has 1 aliphatic carbocycles. The molecule has 4 rings (SSSR count). The summed E-state index contributed by atoms with van der Waals surface area (Å²) < 4.78 is 10.5. The number of ether oxygens (including phenoxy) is 2. The zero-order valence-corrected chi connectivity index (χ0v) is 24.9. The van der Waals surface area contributed by atoms with Crippen molar-refractivity contribution in [3.05, 3.63) is 59.7 Å². The summed E-state index contributed by atoms with van der Waals surface area (Å²) in [6.07, 6.45) is 2.73. The predicted octanol–water partition coefficient (Wildman–Crippen LogP) is 3.95. The number of nitrogens with zero attached hydrogens (tertiary/aromatic N) is 1. The summed E-state index contributed by atoms with van der Waals surface area (Å²) in [5.74, 6) is -0.930. The first kappa shape index (κ1) is 30.4. The molecule has 1 fully saturated rings. The Morgan fingerprint density at radius 3 is 2.20 bits per heavy atom. The summed E-state index contributed by atoms with van der Waals surface area (Å²) in [6.45, 7) is 4.46. The van der Waals surface area contributed by atoms with Gasteiger partial charge in [0.1, 0.15) is 24.7 Å². The highest BCUT2D eigenvalue weighted by Crippen LogP contribution is 2.44. The quantitative estimate of drug-likeness (QED) is 0.386. The number of carbonyl (C=O) groups is 4. The average Bonchev–Trinajstić information content (AvgIpc) is 3.58. The number of esters is 1. The fourth-order valence-electron chi connectivity index (χ4n) is 5.71. The molecule has 0 radical (unpaired) electrons. The van der Waals surface area contributed by atoms with Crippen LogP contribution in [0.1, 0.15) is 50.2 Å². The van der Waals surface area contributed by atoms with Gasteiger partial charge >= 0.3 is 12.1 Å². The van der Waals surface area contributed by atoms with Crippen molar-refractivity contribution in [2.75, 3.05) is 32.3 Å². The van der Waals surface area contributed by atoms with E-state index in [2.05, 4.69) is 22.8 Å². The fourth-order valence-corrected chi connectivity index (χ4v) is 6.27. The molecule has 1 heterocycles. The standard InChI is InChI=1S/C31H39N3O6S/c1-19(2)16-25(28(35)32-26(18-41-4)29(36)34-15-9-14-27(34)30(37)39-3)33-31(38)40-17-24-22-12-7-5-10-20(22)21-11-6-8-13-23(21)24/h5-8,10-13,19,24-27H,9,14-18H2,1-4H3,(H,32,35)(H,33,38)/t25-,26-,27-/m0/s1. The molecule has 1 aliphatic heterocycles. The highest BCUT2D eigenvalue weighted by atomic mass is 32.2. The lowest BCUT2D eigenvalue weighted by Gasteiger charge is -2.29. The van der Waals surface area contributed by atoms with Crippen LogP contribution in [0.2, 0.25) is 0 Å². The van der Waals surface area contributed by atoms with Crippen LogP contribution < -0.4 is 10.6 Å². The van der Waals surface area contributed by atoms with Crippen molar-refractivity contribution >= 4 is 35.6 Å². The number of hydrogen-bond acceptors (Lipinski definition) is 7. The number of amides is 3. The van der Waals surface area contributed by atoms with Crippen molar-refractivity contribution < 1.29 is 28.7 Å². The minimum atomic E-state index is -0.891. The Hall–Kier alpha value is -3.53. The van der Waals surface area contributed by atoms with Gasteiger partial charge in [0.25, 0.3) is 0 Å². The van der Waals surface area contributed by atoms with Gasteiger partial charge in [0.05, 0.1) is 7.11 Å². The van der Waals surface area contributed by atoms with Crippen LogP contribution in [0.5, 0.6) is 0 Å². The first-order valence-electron chi connectivity index (χ1n) is 14.0. The maximum atomic E-state index is 13.4. The molecule has 2 aromatic rings. The molecule has 0 saturated carbocycles. The van der Waals surface area contributed by atoms with E-state index in [-0.39, 0.29) is 24.3 Å². The summed E-state index contributed by atoms with van der Waals surface area (Å²) in [7, 11) is 1.30. The first-order chi connectivity index (χ1) is 19.7. The lowest BCUT2D eigenvalue weighted by molar-refractivity contribution is -0.151. The molecule has 220 valence electrons. The summed E-state index contributed by atoms with van der Waals surface area (Å²) >= 11 is 1.41. The van der Waals surface area contributed by atoms with Crippen molar-refractivity contribution in [2.24, 2.45) is 5.92 Å². The third kappa shape index (κ3) is 7.04. The zero-order chi connectivity index (χ0) is 29.5. The number of carbonyl (C=O) groups excluding carboxylic acids is 4. The second-order valence-corrected chi connectivity index (χ2v) is 11.8. The molecule has 2 N–H and O–H groups in total. The number of alkyl carbamates (subject to hydrolysis) is 1. The predicted molar refractivity (Wildman–Crippen MR) is 159 cm³/mol. The van der Waals surface area contributed by atoms with E-state index in [0.717, 1.165) is 22.3 Å². The molecule has 41 heavy (non-hydrogen) atoms. The summed E-state index contributed by atoms with van der Waals surface area (Å²) in [6, 6.07) is 13.8. The Kier molecular flexibility index (Phi) is 10.3. The number of hydrogen-bond donors (Lipinski definition) is 2. The van der Waals surface area contributed by atoms with Crippen LogP contribution in [0.15, 0.2) is 48.5 Å². The smallest absolute Gasteiger partial charge is 0.407 e. The number of benzene rings is 2. The SMILES string of the molecule is COC(=O)[C@@H]1CCCN1C(=O)[C@H](CSC)NC(=O)[C@H](CC(C)C)NC(=O)OCC1c2ccccc2-c2ccccc21. The van der Waals surface area contributed by atoms with Crippen LogP contribution in [0, 0.1) is 5.92 Å². The van der Waals surface area contributed by atoms with Crippen LogP contribution in [0.4, 0.5) is 4.79 Å². The molecule has 0 bridgehead atoms. The summed E-state index contributed by atoms with van der Waals surface area (Å²) in [5, 5.41) is 5.57. The number of nitrogens with one attached hydrogen (secondary N) is 2. The topological polar surface area (TPSA) is 114 Å². The van der Waals surface area contributed by atoms with Crippen LogP contribution in [-0.2, 0) is 23.9 Å². The highest BCUT2D eigenvalue weighted by Gasteiger charge is 2.39. The van der Waals surface area contributed by atoms with Crippen molar-refractivity contribution in [3.8, 4) is 11.1 Å². The van der Waals surface area contributed by atoms with Gasteiger partial charge in [-0.1, -0.05) is 62.4 Å². The van der Waals surface area contributed by atoms with E-state index in [1.54, 1.807) is 0 Å². The molecule has 1 saturated heterocycles. The van der Waals surface area contributed by atoms with Gasteiger partial charge in [0.2, 0.25) is 11.8 Å². The van der Waals surface area contributed by atoms with Crippen LogP contribution in [-0.4, -0.2) is 79.2 Å². The zero-order valence-electron chi connectivity index (χ0n) is 24.1. The molecular formula is C31H39N3O6S. The number of rotatable bonds is 11. The molecule has 2 aromatic carbocycles.